The van der Waals surface area contributed by atoms with Crippen LogP contribution in [-0.2, 0) is 9.53 Å². The average molecular weight is 368 g/mol. The van der Waals surface area contributed by atoms with Gasteiger partial charge >= 0.3 is 5.97 Å². The molecule has 0 aromatic heterocycles. The smallest absolute Gasteiger partial charge is 0.337 e. The molecule has 1 aliphatic heterocycles. The lowest BCUT2D eigenvalue weighted by Gasteiger charge is -2.39. The van der Waals surface area contributed by atoms with Gasteiger partial charge in [0.2, 0.25) is 5.91 Å². The van der Waals surface area contributed by atoms with Gasteiger partial charge in [-0.15, -0.1) is 0 Å². The largest absolute Gasteiger partial charge is 0.497 e. The van der Waals surface area contributed by atoms with Crippen LogP contribution in [0.25, 0.3) is 0 Å². The number of hydrogen-bond acceptors (Lipinski definition) is 5. The number of benzene rings is 2. The number of fused-ring (bicyclic) bond motifs is 1. The Morgan fingerprint density at radius 1 is 1.11 bits per heavy atom. The highest BCUT2D eigenvalue weighted by atomic mass is 16.5. The van der Waals surface area contributed by atoms with E-state index in [9.17, 15) is 9.59 Å². The first-order valence-corrected chi connectivity index (χ1v) is 8.87. The van der Waals surface area contributed by atoms with Crippen LogP contribution in [0.1, 0.15) is 42.2 Å². The van der Waals surface area contributed by atoms with E-state index in [-0.39, 0.29) is 24.0 Å². The summed E-state index contributed by atoms with van der Waals surface area (Å²) in [5.74, 6) is 0.412. The standard InChI is InChI=1S/C21H24N2O4/c1-13-11-19(22-16-7-5-15(6-8-16)21(25)27-4)18-12-17(26-3)9-10-20(18)23(13)14(2)24/h5-10,12-13,19,22H,11H2,1-4H3. The van der Waals surface area contributed by atoms with E-state index < -0.39 is 0 Å². The first kappa shape index (κ1) is 18.8. The normalized spacial score (nSPS) is 18.4. The lowest BCUT2D eigenvalue weighted by Crippen LogP contribution is -2.43. The maximum Gasteiger partial charge on any atom is 0.337 e. The number of hydrogen-bond donors (Lipinski definition) is 1. The van der Waals surface area contributed by atoms with E-state index in [1.54, 1.807) is 26.2 Å². The fourth-order valence-electron chi connectivity index (χ4n) is 3.61. The second-order valence-corrected chi connectivity index (χ2v) is 6.66. The second kappa shape index (κ2) is 7.70. The van der Waals surface area contributed by atoms with Gasteiger partial charge in [-0.1, -0.05) is 0 Å². The predicted molar refractivity (Wildman–Crippen MR) is 104 cm³/mol. The molecule has 0 fully saturated rings. The number of esters is 1. The van der Waals surface area contributed by atoms with Crippen LogP contribution in [-0.4, -0.2) is 32.1 Å². The van der Waals surface area contributed by atoms with Crippen molar-refractivity contribution < 1.29 is 19.1 Å². The SMILES string of the molecule is COC(=O)c1ccc(NC2CC(C)N(C(C)=O)c3ccc(OC)cc32)cc1. The Kier molecular flexibility index (Phi) is 5.35. The molecule has 1 amide bonds. The minimum Gasteiger partial charge on any atom is -0.497 e. The number of rotatable bonds is 4. The molecule has 1 aliphatic rings. The molecule has 1 heterocycles. The first-order valence-electron chi connectivity index (χ1n) is 8.87. The summed E-state index contributed by atoms with van der Waals surface area (Å²) in [6, 6.07) is 13.0. The van der Waals surface area contributed by atoms with E-state index in [1.807, 2.05) is 42.2 Å². The van der Waals surface area contributed by atoms with Crippen molar-refractivity contribution in [2.75, 3.05) is 24.4 Å². The minimum absolute atomic E-state index is 0.0182. The van der Waals surface area contributed by atoms with Crippen LogP contribution >= 0.6 is 0 Å². The van der Waals surface area contributed by atoms with Gasteiger partial charge in [0.25, 0.3) is 0 Å². The summed E-state index contributed by atoms with van der Waals surface area (Å²) in [7, 11) is 2.99. The average Bonchev–Trinajstić information content (AvgIpc) is 2.67. The van der Waals surface area contributed by atoms with Gasteiger partial charge in [0, 0.05) is 29.9 Å². The number of ether oxygens (including phenoxy) is 2. The number of anilines is 2. The molecule has 2 unspecified atom stereocenters. The van der Waals surface area contributed by atoms with E-state index in [4.69, 9.17) is 9.47 Å². The summed E-state index contributed by atoms with van der Waals surface area (Å²) in [6.07, 6.45) is 0.762. The van der Waals surface area contributed by atoms with Crippen molar-refractivity contribution in [1.29, 1.82) is 0 Å². The highest BCUT2D eigenvalue weighted by molar-refractivity contribution is 5.94. The van der Waals surface area contributed by atoms with E-state index >= 15 is 0 Å². The van der Waals surface area contributed by atoms with Gasteiger partial charge in [0.15, 0.2) is 0 Å². The fourth-order valence-corrected chi connectivity index (χ4v) is 3.61. The zero-order valence-electron chi connectivity index (χ0n) is 16.0. The molecule has 1 N–H and O–H groups in total. The van der Waals surface area contributed by atoms with Gasteiger partial charge in [-0.25, -0.2) is 4.79 Å². The van der Waals surface area contributed by atoms with Crippen LogP contribution in [0.4, 0.5) is 11.4 Å². The Morgan fingerprint density at radius 3 is 2.41 bits per heavy atom. The Morgan fingerprint density at radius 2 is 1.81 bits per heavy atom. The Labute approximate surface area is 159 Å². The molecule has 2 atom stereocenters. The quantitative estimate of drug-likeness (QED) is 0.832. The highest BCUT2D eigenvalue weighted by Crippen LogP contribution is 2.40. The molecule has 142 valence electrons. The third-order valence-corrected chi connectivity index (χ3v) is 4.87. The number of amides is 1. The molecule has 6 nitrogen and oxygen atoms in total. The molecule has 0 saturated heterocycles. The molecule has 0 aliphatic carbocycles. The van der Waals surface area contributed by atoms with Crippen molar-refractivity contribution in [3.8, 4) is 5.75 Å². The molecule has 0 saturated carbocycles. The van der Waals surface area contributed by atoms with Crippen molar-refractivity contribution >= 4 is 23.3 Å². The second-order valence-electron chi connectivity index (χ2n) is 6.66. The van der Waals surface area contributed by atoms with E-state index in [0.717, 1.165) is 29.1 Å². The van der Waals surface area contributed by atoms with Crippen LogP contribution in [0.3, 0.4) is 0 Å². The molecule has 0 spiro atoms. The maximum absolute atomic E-state index is 12.2. The van der Waals surface area contributed by atoms with E-state index in [2.05, 4.69) is 5.32 Å². The summed E-state index contributed by atoms with van der Waals surface area (Å²) >= 11 is 0. The molecule has 6 heteroatoms. The van der Waals surface area contributed by atoms with Crippen molar-refractivity contribution in [3.05, 3.63) is 53.6 Å². The van der Waals surface area contributed by atoms with Crippen LogP contribution in [0.15, 0.2) is 42.5 Å². The molecule has 0 bridgehead atoms. The number of nitrogens with zero attached hydrogens (tertiary/aromatic N) is 1. The Balaban J connectivity index is 1.92. The highest BCUT2D eigenvalue weighted by Gasteiger charge is 2.32. The summed E-state index contributed by atoms with van der Waals surface area (Å²) < 4.78 is 10.1. The lowest BCUT2D eigenvalue weighted by molar-refractivity contribution is -0.117. The topological polar surface area (TPSA) is 67.9 Å². The summed E-state index contributed by atoms with van der Waals surface area (Å²) in [5.41, 5.74) is 3.31. The zero-order valence-corrected chi connectivity index (χ0v) is 16.0. The molecular formula is C21H24N2O4. The summed E-state index contributed by atoms with van der Waals surface area (Å²) in [5, 5.41) is 3.52. The minimum atomic E-state index is -0.361. The van der Waals surface area contributed by atoms with Gasteiger partial charge in [0.1, 0.15) is 5.75 Å². The Bertz CT molecular complexity index is 848. The van der Waals surface area contributed by atoms with Crippen LogP contribution in [0, 0.1) is 0 Å². The number of nitrogens with one attached hydrogen (secondary N) is 1. The van der Waals surface area contributed by atoms with Crippen LogP contribution < -0.4 is 15.0 Å². The third kappa shape index (κ3) is 3.74. The molecule has 2 aromatic rings. The van der Waals surface area contributed by atoms with E-state index in [0.29, 0.717) is 5.56 Å². The third-order valence-electron chi connectivity index (χ3n) is 4.87. The fraction of sp³-hybridized carbons (Fsp3) is 0.333. The summed E-state index contributed by atoms with van der Waals surface area (Å²) in [6.45, 7) is 3.63. The predicted octanol–water partition coefficient (Wildman–Crippen LogP) is 3.78. The van der Waals surface area contributed by atoms with Gasteiger partial charge in [-0.2, -0.15) is 0 Å². The van der Waals surface area contributed by atoms with Gasteiger partial charge in [-0.05, 0) is 55.8 Å². The van der Waals surface area contributed by atoms with Gasteiger partial charge in [-0.3, -0.25) is 4.79 Å². The van der Waals surface area contributed by atoms with Crippen molar-refractivity contribution in [2.45, 2.75) is 32.4 Å². The number of methoxy groups -OCH3 is 2. The lowest BCUT2D eigenvalue weighted by atomic mass is 9.91. The van der Waals surface area contributed by atoms with E-state index in [1.165, 1.54) is 7.11 Å². The zero-order chi connectivity index (χ0) is 19.6. The van der Waals surface area contributed by atoms with Gasteiger partial charge in [0.05, 0.1) is 25.8 Å². The maximum atomic E-state index is 12.2. The molecule has 2 aromatic carbocycles. The van der Waals surface area contributed by atoms with Crippen molar-refractivity contribution in [3.63, 3.8) is 0 Å². The molecule has 0 radical (unpaired) electrons. The van der Waals surface area contributed by atoms with Crippen molar-refractivity contribution in [1.82, 2.24) is 0 Å². The Hall–Kier alpha value is -3.02. The molecule has 27 heavy (non-hydrogen) atoms. The van der Waals surface area contributed by atoms with Crippen molar-refractivity contribution in [2.24, 2.45) is 0 Å². The van der Waals surface area contributed by atoms with Crippen LogP contribution in [0.2, 0.25) is 0 Å². The molecule has 3 rings (SSSR count). The van der Waals surface area contributed by atoms with Crippen LogP contribution in [0.5, 0.6) is 5.75 Å². The number of carbonyl (C=O) groups excluding carboxylic acids is 2. The first-order chi connectivity index (χ1) is 12.9. The molecular weight excluding hydrogens is 344 g/mol. The number of carbonyl (C=O) groups is 2. The summed E-state index contributed by atoms with van der Waals surface area (Å²) in [4.78, 5) is 25.6. The monoisotopic (exact) mass is 368 g/mol. The van der Waals surface area contributed by atoms with Gasteiger partial charge < -0.3 is 19.7 Å².